The summed E-state index contributed by atoms with van der Waals surface area (Å²) in [6, 6.07) is 3.80. The van der Waals surface area contributed by atoms with Crippen LogP contribution >= 0.6 is 0 Å². The summed E-state index contributed by atoms with van der Waals surface area (Å²) < 4.78 is 0. The fraction of sp³-hybridized carbons (Fsp3) is 0.545. The molecule has 2 saturated heterocycles. The molecule has 0 spiro atoms. The molecule has 0 aliphatic carbocycles. The number of hydrogen-bond donors (Lipinski definition) is 1. The van der Waals surface area contributed by atoms with Crippen LogP contribution < -0.4 is 10.2 Å². The van der Waals surface area contributed by atoms with Gasteiger partial charge in [0.05, 0.1) is 5.69 Å². The van der Waals surface area contributed by atoms with E-state index >= 15 is 0 Å². The van der Waals surface area contributed by atoms with E-state index in [0.29, 0.717) is 12.0 Å². The summed E-state index contributed by atoms with van der Waals surface area (Å²) in [6.45, 7) is 3.11. The van der Waals surface area contributed by atoms with Crippen LogP contribution in [0, 0.1) is 16.0 Å². The molecule has 3 rings (SSSR count). The molecule has 0 aromatic carbocycles. The van der Waals surface area contributed by atoms with Crippen molar-refractivity contribution in [2.45, 2.75) is 12.5 Å². The Hall–Kier alpha value is -1.69. The van der Waals surface area contributed by atoms with Crippen LogP contribution in [0.3, 0.4) is 0 Å². The van der Waals surface area contributed by atoms with Gasteiger partial charge in [-0.25, -0.2) is 0 Å². The van der Waals surface area contributed by atoms with Gasteiger partial charge in [-0.15, -0.1) is 0 Å². The molecule has 1 N–H and O–H groups in total. The molecule has 90 valence electrons. The number of fused-ring (bicyclic) bond motifs is 1. The average molecular weight is 234 g/mol. The average Bonchev–Trinajstić information content (AvgIpc) is 2.90. The van der Waals surface area contributed by atoms with E-state index in [4.69, 9.17) is 0 Å². The van der Waals surface area contributed by atoms with Crippen molar-refractivity contribution in [3.05, 3.63) is 28.4 Å². The molecule has 2 fully saturated rings. The Labute approximate surface area is 98.8 Å². The number of nitro groups is 1. The van der Waals surface area contributed by atoms with Gasteiger partial charge >= 0.3 is 5.82 Å². The lowest BCUT2D eigenvalue weighted by molar-refractivity contribution is -0.389. The number of pyridine rings is 1. The first kappa shape index (κ1) is 10.5. The summed E-state index contributed by atoms with van der Waals surface area (Å²) >= 11 is 0. The molecule has 3 heterocycles. The van der Waals surface area contributed by atoms with Crippen molar-refractivity contribution >= 4 is 11.5 Å². The van der Waals surface area contributed by atoms with E-state index in [-0.39, 0.29) is 5.82 Å². The highest BCUT2D eigenvalue weighted by Gasteiger charge is 2.37. The normalized spacial score (nSPS) is 27.2. The molecule has 6 nitrogen and oxygen atoms in total. The van der Waals surface area contributed by atoms with E-state index in [9.17, 15) is 10.1 Å². The highest BCUT2D eigenvalue weighted by atomic mass is 16.6. The number of anilines is 1. The third kappa shape index (κ3) is 1.74. The lowest BCUT2D eigenvalue weighted by Gasteiger charge is -2.24. The number of rotatable bonds is 2. The Morgan fingerprint density at radius 2 is 2.35 bits per heavy atom. The van der Waals surface area contributed by atoms with Gasteiger partial charge in [0.15, 0.2) is 6.20 Å². The molecule has 0 unspecified atom stereocenters. The van der Waals surface area contributed by atoms with Crippen LogP contribution in [0.5, 0.6) is 0 Å². The topological polar surface area (TPSA) is 71.3 Å². The Morgan fingerprint density at radius 1 is 1.47 bits per heavy atom. The maximum absolute atomic E-state index is 10.5. The van der Waals surface area contributed by atoms with Crippen molar-refractivity contribution in [1.29, 1.82) is 0 Å². The zero-order valence-corrected chi connectivity index (χ0v) is 9.37. The van der Waals surface area contributed by atoms with E-state index in [0.717, 1.165) is 25.3 Å². The predicted octanol–water partition coefficient (Wildman–Crippen LogP) is 0.788. The van der Waals surface area contributed by atoms with Crippen molar-refractivity contribution in [3.8, 4) is 0 Å². The monoisotopic (exact) mass is 234 g/mol. The smallest absolute Gasteiger partial charge is 0.363 e. The summed E-state index contributed by atoms with van der Waals surface area (Å²) in [5, 5.41) is 13.9. The van der Waals surface area contributed by atoms with Gasteiger partial charge in [0.1, 0.15) is 0 Å². The molecule has 1 aromatic rings. The zero-order chi connectivity index (χ0) is 11.8. The molecule has 17 heavy (non-hydrogen) atoms. The largest absolute Gasteiger partial charge is 0.364 e. The van der Waals surface area contributed by atoms with Crippen LogP contribution in [-0.4, -0.2) is 35.6 Å². The van der Waals surface area contributed by atoms with Crippen LogP contribution in [0.2, 0.25) is 0 Å². The maximum Gasteiger partial charge on any atom is 0.363 e. The molecular weight excluding hydrogens is 220 g/mol. The van der Waals surface area contributed by atoms with Crippen molar-refractivity contribution in [2.24, 2.45) is 5.92 Å². The van der Waals surface area contributed by atoms with Gasteiger partial charge < -0.3 is 20.3 Å². The van der Waals surface area contributed by atoms with Gasteiger partial charge in [-0.05, 0) is 28.3 Å². The fourth-order valence-corrected chi connectivity index (χ4v) is 2.83. The predicted molar refractivity (Wildman–Crippen MR) is 63.0 cm³/mol. The van der Waals surface area contributed by atoms with Gasteiger partial charge in [-0.3, -0.25) is 0 Å². The van der Waals surface area contributed by atoms with Gasteiger partial charge in [-0.1, -0.05) is 0 Å². The van der Waals surface area contributed by atoms with Crippen molar-refractivity contribution in [1.82, 2.24) is 10.3 Å². The molecule has 6 heteroatoms. The summed E-state index contributed by atoms with van der Waals surface area (Å²) in [5.41, 5.74) is 0.992. The van der Waals surface area contributed by atoms with Crippen LogP contribution in [0.25, 0.3) is 0 Å². The molecular formula is C11H14N4O2. The van der Waals surface area contributed by atoms with E-state index in [2.05, 4.69) is 15.2 Å². The maximum atomic E-state index is 10.5. The highest BCUT2D eigenvalue weighted by Crippen LogP contribution is 2.31. The van der Waals surface area contributed by atoms with Crippen molar-refractivity contribution < 1.29 is 4.92 Å². The van der Waals surface area contributed by atoms with Crippen molar-refractivity contribution in [2.75, 3.05) is 24.5 Å². The number of hydrogen-bond acceptors (Lipinski definition) is 5. The second-order valence-corrected chi connectivity index (χ2v) is 4.60. The van der Waals surface area contributed by atoms with Gasteiger partial charge in [-0.2, -0.15) is 0 Å². The van der Waals surface area contributed by atoms with Gasteiger partial charge in [0, 0.05) is 31.7 Å². The SMILES string of the molecule is O=[N+]([O-])c1ccc(N2CC[C@H]3CNC[C@H]32)cn1. The van der Waals surface area contributed by atoms with Gasteiger partial charge in [0.25, 0.3) is 0 Å². The standard InChI is InChI=1S/C11H14N4O2/c16-15(17)11-2-1-9(6-13-11)14-4-3-8-5-12-7-10(8)14/h1-2,6,8,10,12H,3-5,7H2/t8-,10+/m0/s1. The Morgan fingerprint density at radius 3 is 3.06 bits per heavy atom. The molecule has 2 aliphatic heterocycles. The zero-order valence-electron chi connectivity index (χ0n) is 9.37. The minimum absolute atomic E-state index is 0.0888. The molecule has 1 aromatic heterocycles. The van der Waals surface area contributed by atoms with E-state index < -0.39 is 4.92 Å². The fourth-order valence-electron chi connectivity index (χ4n) is 2.83. The van der Waals surface area contributed by atoms with Crippen molar-refractivity contribution in [3.63, 3.8) is 0 Å². The Balaban J connectivity index is 1.82. The Bertz CT molecular complexity index is 434. The minimum Gasteiger partial charge on any atom is -0.364 e. The van der Waals surface area contributed by atoms with Crippen LogP contribution in [0.1, 0.15) is 6.42 Å². The molecule has 0 bridgehead atoms. The number of aromatic nitrogens is 1. The molecule has 0 radical (unpaired) electrons. The second kappa shape index (κ2) is 3.96. The second-order valence-electron chi connectivity index (χ2n) is 4.60. The highest BCUT2D eigenvalue weighted by molar-refractivity contribution is 5.49. The summed E-state index contributed by atoms with van der Waals surface area (Å²) in [4.78, 5) is 16.3. The summed E-state index contributed by atoms with van der Waals surface area (Å²) in [7, 11) is 0. The Kier molecular flexibility index (Phi) is 2.44. The number of nitrogens with one attached hydrogen (secondary N) is 1. The third-order valence-corrected chi connectivity index (χ3v) is 3.70. The molecule has 2 atom stereocenters. The van der Waals surface area contributed by atoms with E-state index in [1.807, 2.05) is 0 Å². The molecule has 0 amide bonds. The number of nitrogens with zero attached hydrogens (tertiary/aromatic N) is 3. The molecule has 0 saturated carbocycles. The third-order valence-electron chi connectivity index (χ3n) is 3.70. The quantitative estimate of drug-likeness (QED) is 0.605. The first-order valence-electron chi connectivity index (χ1n) is 5.83. The van der Waals surface area contributed by atoms with E-state index in [1.54, 1.807) is 12.3 Å². The van der Waals surface area contributed by atoms with Crippen LogP contribution in [0.4, 0.5) is 11.5 Å². The summed E-state index contributed by atoms with van der Waals surface area (Å²) in [5.74, 6) is 0.624. The lowest BCUT2D eigenvalue weighted by Crippen LogP contribution is -2.34. The van der Waals surface area contributed by atoms with Crippen LogP contribution in [-0.2, 0) is 0 Å². The minimum atomic E-state index is -0.465. The van der Waals surface area contributed by atoms with Crippen LogP contribution in [0.15, 0.2) is 18.3 Å². The first-order chi connectivity index (χ1) is 8.25. The first-order valence-corrected chi connectivity index (χ1v) is 5.83. The van der Waals surface area contributed by atoms with Gasteiger partial charge in [0.2, 0.25) is 0 Å². The summed E-state index contributed by atoms with van der Waals surface area (Å²) in [6.07, 6.45) is 2.80. The van der Waals surface area contributed by atoms with E-state index in [1.165, 1.54) is 12.5 Å². The lowest BCUT2D eigenvalue weighted by atomic mass is 10.1. The molecule has 2 aliphatic rings.